The maximum Gasteiger partial charge on any atom is 0.274 e. The first-order valence-electron chi connectivity index (χ1n) is 7.12. The highest BCUT2D eigenvalue weighted by Crippen LogP contribution is 2.19. The Bertz CT molecular complexity index is 817. The molecular formula is C16H18N4O. The summed E-state index contributed by atoms with van der Waals surface area (Å²) in [5.74, 6) is 0. The van der Waals surface area contributed by atoms with Gasteiger partial charge < -0.3 is 10.3 Å². The minimum Gasteiger partial charge on any atom is -0.330 e. The normalized spacial score (nSPS) is 11.1. The highest BCUT2D eigenvalue weighted by atomic mass is 16.1. The Hall–Kier alpha value is -2.40. The molecule has 5 nitrogen and oxygen atoms in total. The molecular weight excluding hydrogens is 264 g/mol. The van der Waals surface area contributed by atoms with Crippen LogP contribution in [0.15, 0.2) is 47.3 Å². The molecule has 3 aromatic rings. The summed E-state index contributed by atoms with van der Waals surface area (Å²) in [7, 11) is 0. The first-order valence-corrected chi connectivity index (χ1v) is 7.12. The number of aryl methyl sites for hydroxylation is 1. The Labute approximate surface area is 122 Å². The van der Waals surface area contributed by atoms with Gasteiger partial charge in [0.25, 0.3) is 5.56 Å². The first kappa shape index (κ1) is 13.6. The second-order valence-corrected chi connectivity index (χ2v) is 4.92. The zero-order chi connectivity index (χ0) is 14.8. The SMILES string of the molecule is CCn1c(CCN)cc(=O)n2nc(-c3ccccc3)cc12. The smallest absolute Gasteiger partial charge is 0.274 e. The lowest BCUT2D eigenvalue weighted by molar-refractivity contribution is 0.685. The van der Waals surface area contributed by atoms with Crippen molar-refractivity contribution in [2.75, 3.05) is 6.54 Å². The fourth-order valence-corrected chi connectivity index (χ4v) is 2.62. The molecule has 0 aliphatic rings. The second kappa shape index (κ2) is 5.54. The lowest BCUT2D eigenvalue weighted by atomic mass is 10.1. The zero-order valence-corrected chi connectivity index (χ0v) is 12.0. The number of aromatic nitrogens is 3. The molecule has 0 atom stereocenters. The maximum absolute atomic E-state index is 12.2. The van der Waals surface area contributed by atoms with Gasteiger partial charge in [-0.3, -0.25) is 4.79 Å². The summed E-state index contributed by atoms with van der Waals surface area (Å²) in [5.41, 5.74) is 9.10. The average molecular weight is 282 g/mol. The molecule has 0 saturated carbocycles. The van der Waals surface area contributed by atoms with Crippen LogP contribution in [0.4, 0.5) is 0 Å². The number of nitrogens with two attached hydrogens (primary N) is 1. The standard InChI is InChI=1S/C16H18N4O/c1-2-19-13(8-9-17)10-16(21)20-15(19)11-14(18-20)12-6-4-3-5-7-12/h3-7,10-11H,2,8-9,17H2,1H3. The van der Waals surface area contributed by atoms with Crippen molar-refractivity contribution >= 4 is 5.65 Å². The van der Waals surface area contributed by atoms with Gasteiger partial charge in [-0.25, -0.2) is 0 Å². The predicted molar refractivity (Wildman–Crippen MR) is 83.3 cm³/mol. The molecule has 21 heavy (non-hydrogen) atoms. The molecule has 0 unspecified atom stereocenters. The molecule has 0 spiro atoms. The van der Waals surface area contributed by atoms with E-state index >= 15 is 0 Å². The Balaban J connectivity index is 2.25. The quantitative estimate of drug-likeness (QED) is 0.792. The van der Waals surface area contributed by atoms with Crippen LogP contribution >= 0.6 is 0 Å². The largest absolute Gasteiger partial charge is 0.330 e. The van der Waals surface area contributed by atoms with Gasteiger partial charge in [0.05, 0.1) is 5.69 Å². The topological polar surface area (TPSA) is 65.3 Å². The van der Waals surface area contributed by atoms with E-state index in [9.17, 15) is 4.79 Å². The van der Waals surface area contributed by atoms with Crippen LogP contribution in [0, 0.1) is 0 Å². The van der Waals surface area contributed by atoms with Crippen molar-refractivity contribution in [3.8, 4) is 11.3 Å². The van der Waals surface area contributed by atoms with Crippen molar-refractivity contribution in [2.24, 2.45) is 5.73 Å². The molecule has 0 radical (unpaired) electrons. The summed E-state index contributed by atoms with van der Waals surface area (Å²) in [4.78, 5) is 12.2. The molecule has 0 bridgehead atoms. The van der Waals surface area contributed by atoms with Crippen LogP contribution in [0.1, 0.15) is 12.6 Å². The van der Waals surface area contributed by atoms with Crippen molar-refractivity contribution < 1.29 is 0 Å². The number of hydrogen-bond acceptors (Lipinski definition) is 3. The van der Waals surface area contributed by atoms with E-state index in [1.54, 1.807) is 6.07 Å². The number of fused-ring (bicyclic) bond motifs is 1. The van der Waals surface area contributed by atoms with Crippen LogP contribution in [-0.2, 0) is 13.0 Å². The van der Waals surface area contributed by atoms with Gasteiger partial charge in [0.1, 0.15) is 5.65 Å². The molecule has 108 valence electrons. The Morgan fingerprint density at radius 2 is 1.95 bits per heavy atom. The third kappa shape index (κ3) is 2.36. The van der Waals surface area contributed by atoms with Crippen LogP contribution in [0.5, 0.6) is 0 Å². The molecule has 5 heteroatoms. The maximum atomic E-state index is 12.2. The van der Waals surface area contributed by atoms with Gasteiger partial charge in [0, 0.05) is 36.4 Å². The van der Waals surface area contributed by atoms with E-state index in [0.717, 1.165) is 29.1 Å². The molecule has 0 aliphatic carbocycles. The first-order chi connectivity index (χ1) is 10.2. The minimum atomic E-state index is -0.111. The van der Waals surface area contributed by atoms with Gasteiger partial charge in [0.2, 0.25) is 0 Å². The van der Waals surface area contributed by atoms with E-state index < -0.39 is 0 Å². The Morgan fingerprint density at radius 1 is 1.19 bits per heavy atom. The molecule has 2 N–H and O–H groups in total. The van der Waals surface area contributed by atoms with Crippen molar-refractivity contribution in [2.45, 2.75) is 19.9 Å². The summed E-state index contributed by atoms with van der Waals surface area (Å²) in [6.45, 7) is 3.36. The lowest BCUT2D eigenvalue weighted by Gasteiger charge is -2.11. The summed E-state index contributed by atoms with van der Waals surface area (Å²) >= 11 is 0. The van der Waals surface area contributed by atoms with Gasteiger partial charge >= 0.3 is 0 Å². The number of benzene rings is 1. The molecule has 0 fully saturated rings. The highest BCUT2D eigenvalue weighted by Gasteiger charge is 2.12. The van der Waals surface area contributed by atoms with Crippen molar-refractivity contribution in [1.82, 2.24) is 14.2 Å². The Kier molecular flexibility index (Phi) is 3.58. The van der Waals surface area contributed by atoms with Gasteiger partial charge in [0.15, 0.2) is 0 Å². The molecule has 0 saturated heterocycles. The van der Waals surface area contributed by atoms with Crippen LogP contribution in [-0.4, -0.2) is 20.7 Å². The molecule has 3 rings (SSSR count). The molecule has 2 aromatic heterocycles. The van der Waals surface area contributed by atoms with E-state index in [-0.39, 0.29) is 5.56 Å². The van der Waals surface area contributed by atoms with Crippen molar-refractivity contribution in [3.05, 3.63) is 58.5 Å². The fourth-order valence-electron chi connectivity index (χ4n) is 2.62. The third-order valence-corrected chi connectivity index (χ3v) is 3.60. The molecule has 0 amide bonds. The summed E-state index contributed by atoms with van der Waals surface area (Å²) < 4.78 is 3.56. The lowest BCUT2D eigenvalue weighted by Crippen LogP contribution is -2.22. The molecule has 1 aromatic carbocycles. The molecule has 2 heterocycles. The van der Waals surface area contributed by atoms with Crippen LogP contribution < -0.4 is 11.3 Å². The fraction of sp³-hybridized carbons (Fsp3) is 0.250. The van der Waals surface area contributed by atoms with E-state index in [4.69, 9.17) is 5.73 Å². The number of hydrogen-bond donors (Lipinski definition) is 1. The van der Waals surface area contributed by atoms with Gasteiger partial charge in [-0.2, -0.15) is 9.61 Å². The third-order valence-electron chi connectivity index (χ3n) is 3.60. The zero-order valence-electron chi connectivity index (χ0n) is 12.0. The summed E-state index contributed by atoms with van der Waals surface area (Å²) in [5, 5.41) is 4.44. The second-order valence-electron chi connectivity index (χ2n) is 4.92. The van der Waals surface area contributed by atoms with Gasteiger partial charge in [-0.15, -0.1) is 0 Å². The Morgan fingerprint density at radius 3 is 2.62 bits per heavy atom. The van der Waals surface area contributed by atoms with E-state index in [1.165, 1.54) is 4.52 Å². The average Bonchev–Trinajstić information content (AvgIpc) is 2.94. The van der Waals surface area contributed by atoms with Crippen molar-refractivity contribution in [3.63, 3.8) is 0 Å². The van der Waals surface area contributed by atoms with Crippen LogP contribution in [0.25, 0.3) is 16.9 Å². The van der Waals surface area contributed by atoms with Gasteiger partial charge in [-0.1, -0.05) is 30.3 Å². The van der Waals surface area contributed by atoms with Crippen LogP contribution in [0.3, 0.4) is 0 Å². The van der Waals surface area contributed by atoms with Crippen molar-refractivity contribution in [1.29, 1.82) is 0 Å². The number of nitrogens with zero attached hydrogens (tertiary/aromatic N) is 3. The molecule has 0 aliphatic heterocycles. The van der Waals surface area contributed by atoms with Gasteiger partial charge in [-0.05, 0) is 13.5 Å². The summed E-state index contributed by atoms with van der Waals surface area (Å²) in [6.07, 6.45) is 0.686. The highest BCUT2D eigenvalue weighted by molar-refractivity contribution is 5.64. The van der Waals surface area contributed by atoms with Crippen LogP contribution in [0.2, 0.25) is 0 Å². The van der Waals surface area contributed by atoms with E-state index in [1.807, 2.05) is 36.4 Å². The monoisotopic (exact) mass is 282 g/mol. The van der Waals surface area contributed by atoms with E-state index in [2.05, 4.69) is 16.6 Å². The number of rotatable bonds is 4. The van der Waals surface area contributed by atoms with E-state index in [0.29, 0.717) is 13.0 Å². The summed E-state index contributed by atoms with van der Waals surface area (Å²) in [6, 6.07) is 13.5. The predicted octanol–water partition coefficient (Wildman–Crippen LogP) is 1.68. The minimum absolute atomic E-state index is 0.111.